The SMILES string of the molecule is O=Cc1cc2ncc3ccccc3c2c2ccccc12. The quantitative estimate of drug-likeness (QED) is 0.375. The summed E-state index contributed by atoms with van der Waals surface area (Å²) in [5.74, 6) is 0. The van der Waals surface area contributed by atoms with Crippen LogP contribution in [0.1, 0.15) is 10.4 Å². The van der Waals surface area contributed by atoms with Crippen LogP contribution in [0.3, 0.4) is 0 Å². The largest absolute Gasteiger partial charge is 0.298 e. The second kappa shape index (κ2) is 4.14. The first kappa shape index (κ1) is 11.1. The highest BCUT2D eigenvalue weighted by Gasteiger charge is 2.09. The van der Waals surface area contributed by atoms with E-state index in [4.69, 9.17) is 0 Å². The molecule has 94 valence electrons. The maximum Gasteiger partial charge on any atom is 0.150 e. The Morgan fingerprint density at radius 3 is 2.35 bits per heavy atom. The third kappa shape index (κ3) is 1.45. The summed E-state index contributed by atoms with van der Waals surface area (Å²) in [5, 5.41) is 5.46. The molecule has 0 amide bonds. The molecule has 2 heteroatoms. The second-order valence-electron chi connectivity index (χ2n) is 4.87. The van der Waals surface area contributed by atoms with Gasteiger partial charge in [-0.05, 0) is 22.2 Å². The van der Waals surface area contributed by atoms with Crippen molar-refractivity contribution in [1.29, 1.82) is 0 Å². The molecule has 0 aliphatic carbocycles. The van der Waals surface area contributed by atoms with Crippen LogP contribution in [0.25, 0.3) is 32.4 Å². The molecular formula is C18H11NO. The number of rotatable bonds is 1. The van der Waals surface area contributed by atoms with Crippen molar-refractivity contribution >= 4 is 38.7 Å². The smallest absolute Gasteiger partial charge is 0.150 e. The van der Waals surface area contributed by atoms with Crippen LogP contribution in [0.4, 0.5) is 0 Å². The number of hydrogen-bond acceptors (Lipinski definition) is 2. The van der Waals surface area contributed by atoms with Gasteiger partial charge in [-0.1, -0.05) is 48.5 Å². The van der Waals surface area contributed by atoms with E-state index < -0.39 is 0 Å². The summed E-state index contributed by atoms with van der Waals surface area (Å²) >= 11 is 0. The summed E-state index contributed by atoms with van der Waals surface area (Å²) in [6.07, 6.45) is 2.76. The van der Waals surface area contributed by atoms with Crippen LogP contribution in [0, 0.1) is 0 Å². The first-order valence-electron chi connectivity index (χ1n) is 6.53. The van der Waals surface area contributed by atoms with Crippen LogP contribution in [0.5, 0.6) is 0 Å². The second-order valence-corrected chi connectivity index (χ2v) is 4.87. The van der Waals surface area contributed by atoms with Crippen LogP contribution >= 0.6 is 0 Å². The van der Waals surface area contributed by atoms with E-state index in [0.29, 0.717) is 5.56 Å². The average Bonchev–Trinajstić information content (AvgIpc) is 2.53. The lowest BCUT2D eigenvalue weighted by atomic mass is 9.97. The van der Waals surface area contributed by atoms with Gasteiger partial charge in [0.1, 0.15) is 0 Å². The standard InChI is InChI=1S/C18H11NO/c20-11-13-9-17-18(16-8-4-3-6-14(13)16)15-7-2-1-5-12(15)10-19-17/h1-11H. The predicted octanol–water partition coefficient (Wildman–Crippen LogP) is 4.35. The van der Waals surface area contributed by atoms with Gasteiger partial charge in [0.2, 0.25) is 0 Å². The molecule has 1 aromatic heterocycles. The molecule has 0 N–H and O–H groups in total. The number of aromatic nitrogens is 1. The van der Waals surface area contributed by atoms with Gasteiger partial charge in [0.25, 0.3) is 0 Å². The molecule has 1 heterocycles. The summed E-state index contributed by atoms with van der Waals surface area (Å²) in [6.45, 7) is 0. The molecule has 0 radical (unpaired) electrons. The zero-order valence-electron chi connectivity index (χ0n) is 10.7. The molecule has 0 spiro atoms. The Hall–Kier alpha value is -2.74. The summed E-state index contributed by atoms with van der Waals surface area (Å²) in [5.41, 5.74) is 1.56. The zero-order valence-corrected chi connectivity index (χ0v) is 10.7. The fourth-order valence-electron chi connectivity index (χ4n) is 2.85. The van der Waals surface area contributed by atoms with Crippen LogP contribution in [0.15, 0.2) is 60.8 Å². The Kier molecular flexibility index (Phi) is 2.30. The summed E-state index contributed by atoms with van der Waals surface area (Å²) in [4.78, 5) is 15.8. The van der Waals surface area contributed by atoms with E-state index in [1.165, 1.54) is 5.39 Å². The number of carbonyl (C=O) groups is 1. The van der Waals surface area contributed by atoms with E-state index >= 15 is 0 Å². The van der Waals surface area contributed by atoms with Crippen LogP contribution < -0.4 is 0 Å². The zero-order chi connectivity index (χ0) is 13.5. The van der Waals surface area contributed by atoms with Gasteiger partial charge >= 0.3 is 0 Å². The van der Waals surface area contributed by atoms with Gasteiger partial charge in [-0.3, -0.25) is 9.78 Å². The Balaban J connectivity index is 2.37. The number of benzene rings is 3. The number of carbonyl (C=O) groups excluding carboxylic acids is 1. The van der Waals surface area contributed by atoms with Crippen molar-refractivity contribution in [2.75, 3.05) is 0 Å². The minimum atomic E-state index is 0.691. The highest BCUT2D eigenvalue weighted by Crippen LogP contribution is 2.32. The van der Waals surface area contributed by atoms with Crippen LogP contribution in [-0.4, -0.2) is 11.3 Å². The molecule has 0 aliphatic rings. The fourth-order valence-corrected chi connectivity index (χ4v) is 2.85. The Labute approximate surface area is 115 Å². The molecule has 0 bridgehead atoms. The number of aldehydes is 1. The van der Waals surface area contributed by atoms with Crippen molar-refractivity contribution in [2.45, 2.75) is 0 Å². The third-order valence-corrected chi connectivity index (χ3v) is 3.76. The molecule has 4 aromatic rings. The molecule has 0 saturated carbocycles. The number of nitrogens with zero attached hydrogens (tertiary/aromatic N) is 1. The lowest BCUT2D eigenvalue weighted by Crippen LogP contribution is -1.89. The third-order valence-electron chi connectivity index (χ3n) is 3.76. The minimum Gasteiger partial charge on any atom is -0.298 e. The van der Waals surface area contributed by atoms with Crippen molar-refractivity contribution < 1.29 is 4.79 Å². The normalized spacial score (nSPS) is 11.2. The first-order valence-corrected chi connectivity index (χ1v) is 6.53. The lowest BCUT2D eigenvalue weighted by molar-refractivity contribution is 0.112. The molecular weight excluding hydrogens is 246 g/mol. The van der Waals surface area contributed by atoms with Crippen molar-refractivity contribution in [2.24, 2.45) is 0 Å². The van der Waals surface area contributed by atoms with E-state index in [2.05, 4.69) is 23.2 Å². The molecule has 3 aromatic carbocycles. The maximum absolute atomic E-state index is 11.3. The Morgan fingerprint density at radius 2 is 1.55 bits per heavy atom. The Morgan fingerprint density at radius 1 is 0.850 bits per heavy atom. The van der Waals surface area contributed by atoms with Crippen molar-refractivity contribution in [3.05, 3.63) is 66.4 Å². The molecule has 20 heavy (non-hydrogen) atoms. The maximum atomic E-state index is 11.3. The van der Waals surface area contributed by atoms with E-state index in [0.717, 1.165) is 33.3 Å². The van der Waals surface area contributed by atoms with Gasteiger partial charge in [0.05, 0.1) is 5.52 Å². The van der Waals surface area contributed by atoms with E-state index in [9.17, 15) is 4.79 Å². The number of hydrogen-bond donors (Lipinski definition) is 0. The molecule has 0 unspecified atom stereocenters. The molecule has 4 rings (SSSR count). The van der Waals surface area contributed by atoms with Crippen molar-refractivity contribution in [3.63, 3.8) is 0 Å². The van der Waals surface area contributed by atoms with Crippen molar-refractivity contribution in [1.82, 2.24) is 4.98 Å². The molecule has 2 nitrogen and oxygen atoms in total. The van der Waals surface area contributed by atoms with Gasteiger partial charge in [-0.2, -0.15) is 0 Å². The Bertz CT molecular complexity index is 973. The number of pyridine rings is 1. The average molecular weight is 257 g/mol. The van der Waals surface area contributed by atoms with Gasteiger partial charge < -0.3 is 0 Å². The van der Waals surface area contributed by atoms with Gasteiger partial charge in [0.15, 0.2) is 6.29 Å². The van der Waals surface area contributed by atoms with Crippen LogP contribution in [-0.2, 0) is 0 Å². The topological polar surface area (TPSA) is 30.0 Å². The highest BCUT2D eigenvalue weighted by molar-refractivity contribution is 6.21. The first-order chi connectivity index (χ1) is 9.88. The van der Waals surface area contributed by atoms with Gasteiger partial charge in [0, 0.05) is 22.5 Å². The van der Waals surface area contributed by atoms with Gasteiger partial charge in [-0.25, -0.2) is 0 Å². The minimum absolute atomic E-state index is 0.691. The van der Waals surface area contributed by atoms with E-state index in [1.54, 1.807) is 0 Å². The van der Waals surface area contributed by atoms with Crippen LogP contribution in [0.2, 0.25) is 0 Å². The lowest BCUT2D eigenvalue weighted by Gasteiger charge is -2.09. The summed E-state index contributed by atoms with van der Waals surface area (Å²) in [7, 11) is 0. The van der Waals surface area contributed by atoms with E-state index in [1.807, 2.05) is 42.6 Å². The summed E-state index contributed by atoms with van der Waals surface area (Å²) in [6, 6.07) is 18.1. The van der Waals surface area contributed by atoms with E-state index in [-0.39, 0.29) is 0 Å². The molecule has 0 saturated heterocycles. The molecule has 0 atom stereocenters. The van der Waals surface area contributed by atoms with Crippen molar-refractivity contribution in [3.8, 4) is 0 Å². The summed E-state index contributed by atoms with van der Waals surface area (Å²) < 4.78 is 0. The predicted molar refractivity (Wildman–Crippen MR) is 82.1 cm³/mol. The number of fused-ring (bicyclic) bond motifs is 5. The highest BCUT2D eigenvalue weighted by atomic mass is 16.1. The van der Waals surface area contributed by atoms with Gasteiger partial charge in [-0.15, -0.1) is 0 Å². The molecule has 0 aliphatic heterocycles. The fraction of sp³-hybridized carbons (Fsp3) is 0. The molecule has 0 fully saturated rings. The monoisotopic (exact) mass is 257 g/mol.